The van der Waals surface area contributed by atoms with Crippen LogP contribution in [0.4, 0.5) is 5.95 Å². The molecule has 0 radical (unpaired) electrons. The highest BCUT2D eigenvalue weighted by Gasteiger charge is 2.32. The van der Waals surface area contributed by atoms with Crippen molar-refractivity contribution in [1.29, 1.82) is 0 Å². The lowest BCUT2D eigenvalue weighted by Gasteiger charge is -2.35. The van der Waals surface area contributed by atoms with Crippen LogP contribution in [0.3, 0.4) is 0 Å². The van der Waals surface area contributed by atoms with E-state index < -0.39 is 5.54 Å². The number of nitrogens with zero attached hydrogens (tertiary/aromatic N) is 3. The molecule has 37 heavy (non-hydrogen) atoms. The van der Waals surface area contributed by atoms with Gasteiger partial charge in [0.05, 0.1) is 28.0 Å². The van der Waals surface area contributed by atoms with Gasteiger partial charge in [-0.1, -0.05) is 23.2 Å². The van der Waals surface area contributed by atoms with E-state index in [4.69, 9.17) is 28.2 Å². The minimum atomic E-state index is -0.394. The van der Waals surface area contributed by atoms with Crippen LogP contribution in [0, 0.1) is 0 Å². The first-order chi connectivity index (χ1) is 17.4. The first kappa shape index (κ1) is 26.7. The number of fused-ring (bicyclic) bond motifs is 1. The molecule has 2 N–H and O–H groups in total. The molecule has 10 heteroatoms. The minimum absolute atomic E-state index is 0.181. The lowest BCUT2D eigenvalue weighted by Crippen LogP contribution is -2.46. The normalized spacial score (nSPS) is 15.2. The third-order valence-corrected chi connectivity index (χ3v) is 6.88. The van der Waals surface area contributed by atoms with Crippen molar-refractivity contribution >= 4 is 41.0 Å². The highest BCUT2D eigenvalue weighted by atomic mass is 35.5. The van der Waals surface area contributed by atoms with Crippen molar-refractivity contribution in [3.8, 4) is 5.69 Å². The second-order valence-electron chi connectivity index (χ2n) is 10.1. The Morgan fingerprint density at radius 3 is 2.27 bits per heavy atom. The summed E-state index contributed by atoms with van der Waals surface area (Å²) in [4.78, 5) is 45.7. The van der Waals surface area contributed by atoms with Gasteiger partial charge < -0.3 is 15.5 Å². The molecule has 0 saturated heterocycles. The maximum absolute atomic E-state index is 13.8. The topological polar surface area (TPSA) is 96.3 Å². The van der Waals surface area contributed by atoms with E-state index in [2.05, 4.69) is 10.6 Å². The molecule has 1 atom stereocenters. The molecule has 1 aliphatic heterocycles. The van der Waals surface area contributed by atoms with Crippen molar-refractivity contribution in [2.45, 2.75) is 52.2 Å². The summed E-state index contributed by atoms with van der Waals surface area (Å²) in [6.07, 6.45) is 0.348. The molecule has 194 valence electrons. The van der Waals surface area contributed by atoms with E-state index in [-0.39, 0.29) is 30.0 Å². The molecule has 0 bridgehead atoms. The third-order valence-electron chi connectivity index (χ3n) is 6.14. The smallest absolute Gasteiger partial charge is 0.263 e. The summed E-state index contributed by atoms with van der Waals surface area (Å²) in [5.41, 5.74) is 1.99. The van der Waals surface area contributed by atoms with Gasteiger partial charge in [-0.2, -0.15) is 0 Å². The number of benzene rings is 2. The van der Waals surface area contributed by atoms with Crippen LogP contribution in [-0.4, -0.2) is 44.9 Å². The van der Waals surface area contributed by atoms with Crippen LogP contribution in [-0.2, 0) is 13.0 Å². The Hall–Kier alpha value is -3.36. The van der Waals surface area contributed by atoms with Gasteiger partial charge in [0, 0.05) is 35.3 Å². The number of amides is 2. The van der Waals surface area contributed by atoms with Crippen LogP contribution in [0.25, 0.3) is 5.69 Å². The van der Waals surface area contributed by atoms with Gasteiger partial charge in [0.1, 0.15) is 0 Å². The maximum Gasteiger partial charge on any atom is 0.263 e. The average molecular weight is 542 g/mol. The first-order valence-corrected chi connectivity index (χ1v) is 12.7. The number of hydrogen-bond donors (Lipinski definition) is 2. The fourth-order valence-electron chi connectivity index (χ4n) is 4.29. The van der Waals surface area contributed by atoms with Gasteiger partial charge in [-0.15, -0.1) is 0 Å². The number of rotatable bonds is 4. The molecule has 3 aromatic rings. The molecule has 1 aromatic heterocycles. The lowest BCUT2D eigenvalue weighted by molar-refractivity contribution is 0.0653. The quantitative estimate of drug-likeness (QED) is 0.499. The fraction of sp³-hybridized carbons (Fsp3) is 0.333. The van der Waals surface area contributed by atoms with Crippen LogP contribution in [0.1, 0.15) is 59.7 Å². The molecule has 4 rings (SSSR count). The number of halogens is 2. The van der Waals surface area contributed by atoms with E-state index in [1.54, 1.807) is 54.4 Å². The summed E-state index contributed by atoms with van der Waals surface area (Å²) in [7, 11) is 1.57. The van der Waals surface area contributed by atoms with Gasteiger partial charge >= 0.3 is 0 Å². The third kappa shape index (κ3) is 5.50. The minimum Gasteiger partial charge on any atom is -0.355 e. The van der Waals surface area contributed by atoms with Gasteiger partial charge in [0.15, 0.2) is 0 Å². The molecular weight excluding hydrogens is 513 g/mol. The fourth-order valence-corrected chi connectivity index (χ4v) is 4.59. The van der Waals surface area contributed by atoms with Gasteiger partial charge in [-0.3, -0.25) is 14.4 Å². The Bertz CT molecular complexity index is 1430. The van der Waals surface area contributed by atoms with Crippen molar-refractivity contribution < 1.29 is 9.59 Å². The Balaban J connectivity index is 1.78. The van der Waals surface area contributed by atoms with E-state index in [1.807, 2.05) is 27.7 Å². The summed E-state index contributed by atoms with van der Waals surface area (Å²) in [6.45, 7) is 8.00. The zero-order chi connectivity index (χ0) is 27.1. The zero-order valence-electron chi connectivity index (χ0n) is 21.4. The second-order valence-corrected chi connectivity index (χ2v) is 10.9. The van der Waals surface area contributed by atoms with Crippen molar-refractivity contribution in [1.82, 2.24) is 19.8 Å². The molecule has 2 amide bonds. The molecule has 2 heterocycles. The summed E-state index contributed by atoms with van der Waals surface area (Å²) < 4.78 is 1.53. The highest BCUT2D eigenvalue weighted by molar-refractivity contribution is 6.42. The molecule has 0 spiro atoms. The summed E-state index contributed by atoms with van der Waals surface area (Å²) >= 11 is 12.2. The van der Waals surface area contributed by atoms with Gasteiger partial charge in [0.25, 0.3) is 17.4 Å². The molecule has 0 saturated carbocycles. The van der Waals surface area contributed by atoms with Crippen LogP contribution in [0.15, 0.2) is 47.3 Å². The van der Waals surface area contributed by atoms with Crippen molar-refractivity contribution in [2.75, 3.05) is 12.4 Å². The molecular formula is C27H29Cl2N5O3. The van der Waals surface area contributed by atoms with Crippen LogP contribution in [0.2, 0.25) is 10.0 Å². The van der Waals surface area contributed by atoms with E-state index >= 15 is 0 Å². The Labute approximate surface area is 225 Å². The standard InChI is InChI=1S/C27H29Cl2N5O3/c1-15-12-19-22(14-33(15)24(36)17-8-11-20(28)21(29)13-17)31-26(32-27(2,3)4)34(25(19)37)18-9-6-16(7-10-18)23(35)30-5/h6-11,13,15H,12,14H2,1-5H3,(H,30,35)(H,31,32)/t15-/m1/s1. The number of anilines is 1. The monoisotopic (exact) mass is 541 g/mol. The molecule has 2 aromatic carbocycles. The largest absolute Gasteiger partial charge is 0.355 e. The van der Waals surface area contributed by atoms with E-state index in [1.165, 1.54) is 4.57 Å². The SMILES string of the molecule is CNC(=O)c1ccc(-n2c(NC(C)(C)C)nc3c(c2=O)C[C@@H](C)N(C(=O)c2ccc(Cl)c(Cl)c2)C3)cc1. The van der Waals surface area contributed by atoms with Crippen LogP contribution in [0.5, 0.6) is 0 Å². The lowest BCUT2D eigenvalue weighted by atomic mass is 9.98. The van der Waals surface area contributed by atoms with E-state index in [0.717, 1.165) is 0 Å². The predicted molar refractivity (Wildman–Crippen MR) is 146 cm³/mol. The number of carbonyl (C=O) groups is 2. The van der Waals surface area contributed by atoms with Crippen LogP contribution < -0.4 is 16.2 Å². The second kappa shape index (κ2) is 10.2. The van der Waals surface area contributed by atoms with Crippen molar-refractivity contribution in [3.63, 3.8) is 0 Å². The number of hydrogen-bond acceptors (Lipinski definition) is 5. The van der Waals surface area contributed by atoms with Crippen molar-refractivity contribution in [2.24, 2.45) is 0 Å². The summed E-state index contributed by atoms with van der Waals surface area (Å²) in [6, 6.07) is 11.3. The van der Waals surface area contributed by atoms with Crippen molar-refractivity contribution in [3.05, 3.63) is 85.2 Å². The molecule has 8 nitrogen and oxygen atoms in total. The molecule has 0 aliphatic carbocycles. The zero-order valence-corrected chi connectivity index (χ0v) is 22.9. The maximum atomic E-state index is 13.8. The highest BCUT2D eigenvalue weighted by Crippen LogP contribution is 2.28. The van der Waals surface area contributed by atoms with Crippen LogP contribution >= 0.6 is 23.2 Å². The van der Waals surface area contributed by atoms with E-state index in [0.29, 0.717) is 50.5 Å². The molecule has 0 fully saturated rings. The predicted octanol–water partition coefficient (Wildman–Crippen LogP) is 4.70. The van der Waals surface area contributed by atoms with Gasteiger partial charge in [-0.25, -0.2) is 9.55 Å². The average Bonchev–Trinajstić information content (AvgIpc) is 2.84. The summed E-state index contributed by atoms with van der Waals surface area (Å²) in [5, 5.41) is 6.60. The van der Waals surface area contributed by atoms with Gasteiger partial charge in [-0.05, 0) is 76.6 Å². The Morgan fingerprint density at radius 2 is 1.68 bits per heavy atom. The Kier molecular flexibility index (Phi) is 7.35. The number of carbonyl (C=O) groups excluding carboxylic acids is 2. The van der Waals surface area contributed by atoms with E-state index in [9.17, 15) is 14.4 Å². The summed E-state index contributed by atoms with van der Waals surface area (Å²) in [5.74, 6) is -0.0608. The molecule has 0 unspecified atom stereocenters. The number of aromatic nitrogens is 2. The number of nitrogens with one attached hydrogen (secondary N) is 2. The van der Waals surface area contributed by atoms with Gasteiger partial charge in [0.2, 0.25) is 5.95 Å². The molecule has 1 aliphatic rings. The Morgan fingerprint density at radius 1 is 1.03 bits per heavy atom. The first-order valence-electron chi connectivity index (χ1n) is 11.9.